The quantitative estimate of drug-likeness (QED) is 0.321. The van der Waals surface area contributed by atoms with Crippen LogP contribution < -0.4 is 15.0 Å². The van der Waals surface area contributed by atoms with Gasteiger partial charge in [0.05, 0.1) is 18.4 Å². The van der Waals surface area contributed by atoms with Gasteiger partial charge in [-0.1, -0.05) is 0 Å². The normalized spacial score (nSPS) is 14.9. The van der Waals surface area contributed by atoms with Crippen LogP contribution in [0.1, 0.15) is 76.3 Å². The van der Waals surface area contributed by atoms with Crippen molar-refractivity contribution < 1.29 is 14.3 Å². The van der Waals surface area contributed by atoms with E-state index in [1.165, 1.54) is 23.7 Å². The van der Waals surface area contributed by atoms with Crippen LogP contribution in [0.5, 0.6) is 5.75 Å². The molecule has 1 aliphatic heterocycles. The number of carbonyl (C=O) groups is 2. The molecule has 0 saturated carbocycles. The van der Waals surface area contributed by atoms with Gasteiger partial charge in [-0.25, -0.2) is 4.98 Å². The molecule has 1 fully saturated rings. The molecule has 8 nitrogen and oxygen atoms in total. The van der Waals surface area contributed by atoms with Crippen LogP contribution in [0.15, 0.2) is 48.8 Å². The summed E-state index contributed by atoms with van der Waals surface area (Å²) in [5.41, 5.74) is 6.01. The predicted molar refractivity (Wildman–Crippen MR) is 163 cm³/mol. The van der Waals surface area contributed by atoms with Crippen LogP contribution >= 0.6 is 0 Å². The average Bonchev–Trinajstić information content (AvgIpc) is 2.96. The second-order valence-electron chi connectivity index (χ2n) is 11.1. The van der Waals surface area contributed by atoms with Crippen molar-refractivity contribution in [3.63, 3.8) is 0 Å². The van der Waals surface area contributed by atoms with Crippen LogP contribution in [0.4, 0.5) is 5.69 Å². The van der Waals surface area contributed by atoms with Gasteiger partial charge >= 0.3 is 0 Å². The molecule has 1 atom stereocenters. The highest BCUT2D eigenvalue weighted by Gasteiger charge is 2.28. The van der Waals surface area contributed by atoms with E-state index in [9.17, 15) is 9.59 Å². The molecule has 0 spiro atoms. The third kappa shape index (κ3) is 7.50. The Morgan fingerprint density at radius 1 is 1.10 bits per heavy atom. The summed E-state index contributed by atoms with van der Waals surface area (Å²) in [6.07, 6.45) is 6.82. The fraction of sp³-hybridized carbons (Fsp3) is 0.455. The molecule has 41 heavy (non-hydrogen) atoms. The number of anilines is 1. The van der Waals surface area contributed by atoms with E-state index < -0.39 is 0 Å². The van der Waals surface area contributed by atoms with Crippen molar-refractivity contribution >= 4 is 17.4 Å². The number of benzene rings is 1. The Bertz CT molecular complexity index is 1330. The van der Waals surface area contributed by atoms with E-state index >= 15 is 0 Å². The second-order valence-corrected chi connectivity index (χ2v) is 11.1. The van der Waals surface area contributed by atoms with Gasteiger partial charge in [0.25, 0.3) is 5.91 Å². The van der Waals surface area contributed by atoms with E-state index in [2.05, 4.69) is 57.1 Å². The maximum atomic E-state index is 12.9. The number of nitrogens with one attached hydrogen (secondary N) is 1. The lowest BCUT2D eigenvalue weighted by atomic mass is 9.99. The van der Waals surface area contributed by atoms with Crippen molar-refractivity contribution in [1.82, 2.24) is 20.2 Å². The molecule has 1 N–H and O–H groups in total. The van der Waals surface area contributed by atoms with Crippen molar-refractivity contribution in [2.75, 3.05) is 31.6 Å². The van der Waals surface area contributed by atoms with Gasteiger partial charge in [0.15, 0.2) is 5.78 Å². The zero-order chi connectivity index (χ0) is 29.5. The predicted octanol–water partition coefficient (Wildman–Crippen LogP) is 5.29. The number of methoxy groups -OCH3 is 1. The lowest BCUT2D eigenvalue weighted by Crippen LogP contribution is -2.48. The summed E-state index contributed by atoms with van der Waals surface area (Å²) >= 11 is 0. The molecule has 3 aromatic rings. The van der Waals surface area contributed by atoms with Gasteiger partial charge < -0.3 is 19.9 Å². The molecule has 0 unspecified atom stereocenters. The van der Waals surface area contributed by atoms with E-state index in [-0.39, 0.29) is 11.7 Å². The van der Waals surface area contributed by atoms with E-state index in [0.29, 0.717) is 35.6 Å². The van der Waals surface area contributed by atoms with Crippen LogP contribution in [0.3, 0.4) is 0 Å². The maximum absolute atomic E-state index is 12.9. The molecule has 2 aromatic heterocycles. The molecule has 0 bridgehead atoms. The summed E-state index contributed by atoms with van der Waals surface area (Å²) in [6, 6.07) is 12.9. The van der Waals surface area contributed by atoms with Crippen LogP contribution in [-0.2, 0) is 6.54 Å². The molecular weight excluding hydrogens is 514 g/mol. The number of Topliss-reactive ketones (excluding diaryl/α,β-unsaturated/α-hetero) is 1. The Balaban J connectivity index is 1.34. The average molecular weight is 558 g/mol. The molecule has 1 aromatic carbocycles. The molecule has 218 valence electrons. The number of likely N-dealkylation sites (tertiary alicyclic amines) is 1. The molecule has 0 aliphatic carbocycles. The molecular formula is C33H43N5O3. The van der Waals surface area contributed by atoms with E-state index in [4.69, 9.17) is 4.74 Å². The summed E-state index contributed by atoms with van der Waals surface area (Å²) < 4.78 is 5.39. The summed E-state index contributed by atoms with van der Waals surface area (Å²) in [4.78, 5) is 38.4. The molecule has 1 aliphatic rings. The number of hydrogen-bond acceptors (Lipinski definition) is 7. The fourth-order valence-electron chi connectivity index (χ4n) is 5.71. The Kier molecular flexibility index (Phi) is 10.1. The SMILES string of the molecule is COc1ccc(N(Cc2cnccc2C)C2CCN([C@H](C)CCNC(=O)c3c(C)cc(C(C)=O)nc3C)CC2)cc1. The van der Waals surface area contributed by atoms with Gasteiger partial charge in [-0.05, 0) is 100 Å². The summed E-state index contributed by atoms with van der Waals surface area (Å²) in [7, 11) is 1.69. The van der Waals surface area contributed by atoms with Gasteiger partial charge in [-0.15, -0.1) is 0 Å². The smallest absolute Gasteiger partial charge is 0.253 e. The third-order valence-electron chi connectivity index (χ3n) is 8.29. The Labute approximate surface area is 244 Å². The molecule has 8 heteroatoms. The van der Waals surface area contributed by atoms with Crippen LogP contribution in [0, 0.1) is 20.8 Å². The molecule has 1 amide bonds. The lowest BCUT2D eigenvalue weighted by molar-refractivity contribution is 0.0940. The molecule has 3 heterocycles. The van der Waals surface area contributed by atoms with Crippen LogP contribution in [0.2, 0.25) is 0 Å². The molecule has 4 rings (SSSR count). The summed E-state index contributed by atoms with van der Waals surface area (Å²) in [5.74, 6) is 0.631. The maximum Gasteiger partial charge on any atom is 0.253 e. The second kappa shape index (κ2) is 13.7. The molecule has 1 saturated heterocycles. The largest absolute Gasteiger partial charge is 0.497 e. The standard InChI is InChI=1S/C33H43N5O3/c1-22-11-15-34-20-27(22)21-38(28-7-9-30(41-6)10-8-28)29-13-17-37(18-14-29)24(3)12-16-35-33(40)32-23(2)19-31(26(5)39)36-25(32)4/h7-11,15,19-20,24,29H,12-14,16-18,21H2,1-6H3,(H,35,40)/t24-/m1/s1. The summed E-state index contributed by atoms with van der Waals surface area (Å²) in [6.45, 7) is 12.9. The first-order valence-corrected chi connectivity index (χ1v) is 14.5. The third-order valence-corrected chi connectivity index (χ3v) is 8.29. The van der Waals surface area contributed by atoms with Crippen molar-refractivity contribution in [3.05, 3.63) is 82.4 Å². The first-order chi connectivity index (χ1) is 19.7. The Hall–Kier alpha value is -3.78. The number of aryl methyl sites for hydroxylation is 3. The zero-order valence-corrected chi connectivity index (χ0v) is 25.2. The highest BCUT2D eigenvalue weighted by atomic mass is 16.5. The van der Waals surface area contributed by atoms with Gasteiger partial charge in [0.1, 0.15) is 11.4 Å². The van der Waals surface area contributed by atoms with E-state index in [0.717, 1.165) is 50.2 Å². The monoisotopic (exact) mass is 557 g/mol. The van der Waals surface area contributed by atoms with Crippen molar-refractivity contribution in [1.29, 1.82) is 0 Å². The number of pyridine rings is 2. The summed E-state index contributed by atoms with van der Waals surface area (Å²) in [5, 5.41) is 3.07. The number of carbonyl (C=O) groups excluding carboxylic acids is 2. The minimum absolute atomic E-state index is 0.0972. The van der Waals surface area contributed by atoms with Gasteiger partial charge in [0, 0.05) is 63.3 Å². The number of ether oxygens (including phenoxy) is 1. The minimum Gasteiger partial charge on any atom is -0.497 e. The number of rotatable bonds is 11. The highest BCUT2D eigenvalue weighted by Crippen LogP contribution is 2.29. The fourth-order valence-corrected chi connectivity index (χ4v) is 5.71. The van der Waals surface area contributed by atoms with Crippen LogP contribution in [0.25, 0.3) is 0 Å². The van der Waals surface area contributed by atoms with E-state index in [1.807, 2.05) is 31.5 Å². The minimum atomic E-state index is -0.130. The number of nitrogens with zero attached hydrogens (tertiary/aromatic N) is 4. The number of aromatic nitrogens is 2. The van der Waals surface area contributed by atoms with E-state index in [1.54, 1.807) is 20.1 Å². The van der Waals surface area contributed by atoms with Crippen molar-refractivity contribution in [3.8, 4) is 5.75 Å². The highest BCUT2D eigenvalue weighted by molar-refractivity contribution is 5.98. The Morgan fingerprint density at radius 2 is 1.80 bits per heavy atom. The van der Waals surface area contributed by atoms with Gasteiger partial charge in [0.2, 0.25) is 0 Å². The zero-order valence-electron chi connectivity index (χ0n) is 25.2. The van der Waals surface area contributed by atoms with Crippen molar-refractivity contribution in [2.24, 2.45) is 0 Å². The lowest BCUT2D eigenvalue weighted by Gasteiger charge is -2.42. The number of piperidine rings is 1. The Morgan fingerprint density at radius 3 is 2.41 bits per heavy atom. The van der Waals surface area contributed by atoms with Gasteiger partial charge in [-0.2, -0.15) is 0 Å². The van der Waals surface area contributed by atoms with Crippen LogP contribution in [-0.4, -0.2) is 65.4 Å². The first kappa shape index (κ1) is 30.2. The first-order valence-electron chi connectivity index (χ1n) is 14.5. The van der Waals surface area contributed by atoms with Crippen molar-refractivity contribution in [2.45, 2.75) is 72.5 Å². The number of hydrogen-bond donors (Lipinski definition) is 1. The van der Waals surface area contributed by atoms with Gasteiger partial charge in [-0.3, -0.25) is 14.6 Å². The number of amides is 1. The molecule has 0 radical (unpaired) electrons. The topological polar surface area (TPSA) is 87.7 Å². The number of ketones is 1.